The van der Waals surface area contributed by atoms with E-state index in [4.69, 9.17) is 11.0 Å². The van der Waals surface area contributed by atoms with Crippen LogP contribution in [0.15, 0.2) is 24.3 Å². The van der Waals surface area contributed by atoms with Gasteiger partial charge >= 0.3 is 5.97 Å². The third kappa shape index (κ3) is 2.95. The fraction of sp³-hybridized carbons (Fsp3) is 0.0714. The zero-order valence-corrected chi connectivity index (χ0v) is 11.1. The van der Waals surface area contributed by atoms with Gasteiger partial charge in [0, 0.05) is 5.56 Å². The average Bonchev–Trinajstić information content (AvgIpc) is 2.54. The summed E-state index contributed by atoms with van der Waals surface area (Å²) in [6.45, 7) is 0. The van der Waals surface area contributed by atoms with Crippen molar-refractivity contribution in [3.8, 4) is 5.75 Å². The van der Waals surface area contributed by atoms with Crippen LogP contribution in [-0.2, 0) is 0 Å². The highest BCUT2D eigenvalue weighted by atomic mass is 19.2. The summed E-state index contributed by atoms with van der Waals surface area (Å²) in [6, 6.07) is 2.89. The highest BCUT2D eigenvalue weighted by molar-refractivity contribution is 5.91. The zero-order chi connectivity index (χ0) is 17.3. The monoisotopic (exact) mass is 333 g/mol. The molecule has 4 nitrogen and oxygen atoms in total. The van der Waals surface area contributed by atoms with Crippen molar-refractivity contribution in [2.45, 2.75) is 6.17 Å². The Kier molecular flexibility index (Phi) is 4.50. The summed E-state index contributed by atoms with van der Waals surface area (Å²) in [7, 11) is 0. The molecule has 122 valence electrons. The minimum absolute atomic E-state index is 0.159. The maximum absolute atomic E-state index is 14.3. The molecule has 0 amide bonds. The van der Waals surface area contributed by atoms with Crippen molar-refractivity contribution in [3.63, 3.8) is 0 Å². The highest BCUT2D eigenvalue weighted by Crippen LogP contribution is 2.33. The molecule has 0 heterocycles. The van der Waals surface area contributed by atoms with Gasteiger partial charge in [-0.1, -0.05) is 6.07 Å². The number of benzene rings is 2. The quantitative estimate of drug-likeness (QED) is 0.390. The average molecular weight is 333 g/mol. The summed E-state index contributed by atoms with van der Waals surface area (Å²) in [4.78, 5) is 15.3. The molecule has 0 aliphatic heterocycles. The summed E-state index contributed by atoms with van der Waals surface area (Å²) in [5.41, 5.74) is -2.09. The van der Waals surface area contributed by atoms with Gasteiger partial charge in [-0.25, -0.2) is 26.7 Å². The van der Waals surface area contributed by atoms with Crippen LogP contribution < -0.4 is 10.7 Å². The smallest absolute Gasteiger partial charge is 0.339 e. The number of aromatic carboxylic acids is 1. The molecule has 0 fully saturated rings. The Morgan fingerprint density at radius 2 is 1.74 bits per heavy atom. The molecule has 0 aromatic heterocycles. The van der Waals surface area contributed by atoms with Crippen molar-refractivity contribution in [1.29, 1.82) is 0 Å². The normalized spacial score (nSPS) is 12.1. The molecule has 2 aromatic rings. The van der Waals surface area contributed by atoms with Crippen molar-refractivity contribution in [2.24, 2.45) is 5.90 Å². The lowest BCUT2D eigenvalue weighted by Gasteiger charge is -2.13. The van der Waals surface area contributed by atoms with Crippen LogP contribution in [0.4, 0.5) is 22.0 Å². The first-order valence-corrected chi connectivity index (χ1v) is 5.98. The van der Waals surface area contributed by atoms with Gasteiger partial charge in [0.2, 0.25) is 0 Å². The lowest BCUT2D eigenvalue weighted by atomic mass is 9.99. The van der Waals surface area contributed by atoms with Crippen LogP contribution in [0.2, 0.25) is 0 Å². The molecule has 23 heavy (non-hydrogen) atoms. The van der Waals surface area contributed by atoms with E-state index in [0.29, 0.717) is 0 Å². The van der Waals surface area contributed by atoms with Gasteiger partial charge in [0.1, 0.15) is 5.56 Å². The molecule has 0 aliphatic carbocycles. The van der Waals surface area contributed by atoms with Crippen LogP contribution in [0, 0.1) is 23.3 Å². The number of rotatable bonds is 4. The number of hydrogen-bond donors (Lipinski definition) is 2. The Morgan fingerprint density at radius 3 is 2.30 bits per heavy atom. The van der Waals surface area contributed by atoms with Gasteiger partial charge in [-0.3, -0.25) is 0 Å². The fourth-order valence-electron chi connectivity index (χ4n) is 1.93. The molecule has 2 aromatic carbocycles. The van der Waals surface area contributed by atoms with Crippen molar-refractivity contribution >= 4 is 5.97 Å². The molecule has 0 spiro atoms. The number of hydrogen-bond acceptors (Lipinski definition) is 3. The molecule has 9 heteroatoms. The van der Waals surface area contributed by atoms with E-state index in [2.05, 4.69) is 4.84 Å². The standard InChI is InChI=1S/C14H8F5NO3/c15-8-4-7(11(17)13(19)12(8)18)10(16)5-1-2-9(23-20)6(3-5)14(21)22/h1-4,10H,20H2,(H,21,22). The van der Waals surface area contributed by atoms with Crippen LogP contribution >= 0.6 is 0 Å². The van der Waals surface area contributed by atoms with E-state index >= 15 is 0 Å². The second-order valence-corrected chi connectivity index (χ2v) is 4.43. The highest BCUT2D eigenvalue weighted by Gasteiger charge is 2.26. The SMILES string of the molecule is NOc1ccc(C(F)c2cc(F)c(F)c(F)c2F)cc1C(=O)O. The number of halogens is 5. The van der Waals surface area contributed by atoms with Crippen LogP contribution in [0.5, 0.6) is 5.75 Å². The molecular formula is C14H8F5NO3. The lowest BCUT2D eigenvalue weighted by Crippen LogP contribution is -2.10. The molecular weight excluding hydrogens is 325 g/mol. The number of carboxylic acid groups (broad SMARTS) is 1. The maximum Gasteiger partial charge on any atom is 0.339 e. The lowest BCUT2D eigenvalue weighted by molar-refractivity contribution is 0.0692. The first-order valence-electron chi connectivity index (χ1n) is 5.98. The van der Waals surface area contributed by atoms with Crippen LogP contribution in [0.1, 0.15) is 27.7 Å². The van der Waals surface area contributed by atoms with Crippen molar-refractivity contribution in [3.05, 3.63) is 64.2 Å². The van der Waals surface area contributed by atoms with Gasteiger partial charge in [0.15, 0.2) is 35.2 Å². The van der Waals surface area contributed by atoms with Gasteiger partial charge in [0.05, 0.1) is 0 Å². The molecule has 1 unspecified atom stereocenters. The van der Waals surface area contributed by atoms with Gasteiger partial charge in [-0.2, -0.15) is 5.90 Å². The zero-order valence-electron chi connectivity index (χ0n) is 11.1. The first kappa shape index (κ1) is 16.7. The van der Waals surface area contributed by atoms with Crippen LogP contribution in [-0.4, -0.2) is 11.1 Å². The Morgan fingerprint density at radius 1 is 1.09 bits per heavy atom. The molecule has 2 rings (SSSR count). The van der Waals surface area contributed by atoms with E-state index in [9.17, 15) is 26.7 Å². The molecule has 3 N–H and O–H groups in total. The van der Waals surface area contributed by atoms with E-state index in [-0.39, 0.29) is 11.8 Å². The summed E-state index contributed by atoms with van der Waals surface area (Å²) >= 11 is 0. The number of nitrogens with two attached hydrogens (primary N) is 1. The van der Waals surface area contributed by atoms with Gasteiger partial charge < -0.3 is 9.94 Å². The van der Waals surface area contributed by atoms with E-state index in [0.717, 1.165) is 18.2 Å². The summed E-state index contributed by atoms with van der Waals surface area (Å²) < 4.78 is 67.1. The van der Waals surface area contributed by atoms with Crippen molar-refractivity contribution in [1.82, 2.24) is 0 Å². The fourth-order valence-corrected chi connectivity index (χ4v) is 1.93. The van der Waals surface area contributed by atoms with Crippen molar-refractivity contribution in [2.75, 3.05) is 0 Å². The Balaban J connectivity index is 2.56. The number of carbonyl (C=O) groups is 1. The predicted molar refractivity (Wildman–Crippen MR) is 67.4 cm³/mol. The topological polar surface area (TPSA) is 72.5 Å². The molecule has 0 aliphatic rings. The Bertz CT molecular complexity index is 781. The predicted octanol–water partition coefficient (Wildman–Crippen LogP) is 3.25. The van der Waals surface area contributed by atoms with Crippen LogP contribution in [0.25, 0.3) is 0 Å². The second kappa shape index (κ2) is 6.21. The third-order valence-electron chi connectivity index (χ3n) is 3.06. The van der Waals surface area contributed by atoms with Gasteiger partial charge in [0.25, 0.3) is 0 Å². The maximum atomic E-state index is 14.3. The summed E-state index contributed by atoms with van der Waals surface area (Å²) in [5, 5.41) is 8.95. The molecule has 0 saturated carbocycles. The number of alkyl halides is 1. The van der Waals surface area contributed by atoms with E-state index in [1.807, 2.05) is 0 Å². The summed E-state index contributed by atoms with van der Waals surface area (Å²) in [6.07, 6.45) is -2.44. The minimum atomic E-state index is -2.44. The van der Waals surface area contributed by atoms with E-state index in [1.54, 1.807) is 0 Å². The largest absolute Gasteiger partial charge is 0.478 e. The van der Waals surface area contributed by atoms with Crippen molar-refractivity contribution < 1.29 is 36.7 Å². The Labute approximate surface area is 125 Å². The van der Waals surface area contributed by atoms with E-state index in [1.165, 1.54) is 0 Å². The Hall–Kier alpha value is -2.68. The molecule has 0 bridgehead atoms. The molecule has 0 saturated heterocycles. The minimum Gasteiger partial charge on any atom is -0.478 e. The number of carboxylic acids is 1. The second-order valence-electron chi connectivity index (χ2n) is 4.43. The molecule has 1 atom stereocenters. The van der Waals surface area contributed by atoms with Gasteiger partial charge in [-0.05, 0) is 23.8 Å². The van der Waals surface area contributed by atoms with Crippen LogP contribution in [0.3, 0.4) is 0 Å². The first-order chi connectivity index (χ1) is 10.8. The third-order valence-corrected chi connectivity index (χ3v) is 3.06. The summed E-state index contributed by atoms with van der Waals surface area (Å²) in [5.74, 6) is -4.89. The van der Waals surface area contributed by atoms with Gasteiger partial charge in [-0.15, -0.1) is 0 Å². The molecule has 0 radical (unpaired) electrons. The van der Waals surface area contributed by atoms with E-state index < -0.39 is 52.1 Å².